The smallest absolute Gasteiger partial charge is 0.271 e. The van der Waals surface area contributed by atoms with Crippen molar-refractivity contribution in [2.75, 3.05) is 13.2 Å². The number of hydrogen-bond acceptors (Lipinski definition) is 5. The number of rotatable bonds is 8. The Balaban J connectivity index is 2.03. The van der Waals surface area contributed by atoms with Gasteiger partial charge in [0.05, 0.1) is 19.4 Å². The molecule has 2 aromatic carbocycles. The fourth-order valence-electron chi connectivity index (χ4n) is 2.05. The Morgan fingerprint density at radius 3 is 2.56 bits per heavy atom. The van der Waals surface area contributed by atoms with Crippen molar-refractivity contribution < 1.29 is 19.4 Å². The Hall–Kier alpha value is -3.02. The van der Waals surface area contributed by atoms with Gasteiger partial charge in [-0.2, -0.15) is 5.10 Å². The number of phenolic OH excluding ortho intramolecular Hbond substituents is 1. The number of aromatic hydroxyl groups is 1. The fourth-order valence-corrected chi connectivity index (χ4v) is 2.05. The average Bonchev–Trinajstić information content (AvgIpc) is 2.62. The van der Waals surface area contributed by atoms with Crippen molar-refractivity contribution in [3.63, 3.8) is 0 Å². The molecule has 25 heavy (non-hydrogen) atoms. The van der Waals surface area contributed by atoms with Crippen LogP contribution in [0.25, 0.3) is 0 Å². The third-order valence-corrected chi connectivity index (χ3v) is 3.24. The summed E-state index contributed by atoms with van der Waals surface area (Å²) in [5.41, 5.74) is 3.63. The maximum absolute atomic E-state index is 11.9. The van der Waals surface area contributed by atoms with Crippen LogP contribution in [0.3, 0.4) is 0 Å². The largest absolute Gasteiger partial charge is 0.508 e. The van der Waals surface area contributed by atoms with Crippen molar-refractivity contribution >= 4 is 12.1 Å². The van der Waals surface area contributed by atoms with Crippen molar-refractivity contribution in [2.45, 2.75) is 20.3 Å². The molecule has 0 aliphatic carbocycles. The zero-order valence-electron chi connectivity index (χ0n) is 14.4. The van der Waals surface area contributed by atoms with E-state index in [0.29, 0.717) is 30.3 Å². The molecule has 6 nitrogen and oxygen atoms in total. The van der Waals surface area contributed by atoms with Crippen molar-refractivity contribution in [1.29, 1.82) is 0 Å². The van der Waals surface area contributed by atoms with Crippen LogP contribution in [0.5, 0.6) is 17.2 Å². The van der Waals surface area contributed by atoms with E-state index in [0.717, 1.165) is 12.0 Å². The molecular weight excluding hydrogens is 320 g/mol. The summed E-state index contributed by atoms with van der Waals surface area (Å²) in [7, 11) is 0. The zero-order valence-corrected chi connectivity index (χ0v) is 14.4. The van der Waals surface area contributed by atoms with E-state index in [1.807, 2.05) is 32.0 Å². The highest BCUT2D eigenvalue weighted by atomic mass is 16.5. The summed E-state index contributed by atoms with van der Waals surface area (Å²) in [4.78, 5) is 11.9. The van der Waals surface area contributed by atoms with Crippen molar-refractivity contribution in [3.8, 4) is 17.2 Å². The van der Waals surface area contributed by atoms with Gasteiger partial charge in [-0.3, -0.25) is 4.79 Å². The number of hydrazone groups is 1. The van der Waals surface area contributed by atoms with E-state index in [1.54, 1.807) is 0 Å². The van der Waals surface area contributed by atoms with Crippen LogP contribution in [0.15, 0.2) is 47.6 Å². The van der Waals surface area contributed by atoms with Crippen LogP contribution in [0, 0.1) is 0 Å². The maximum Gasteiger partial charge on any atom is 0.271 e. The van der Waals surface area contributed by atoms with E-state index in [-0.39, 0.29) is 11.7 Å². The highest BCUT2D eigenvalue weighted by Crippen LogP contribution is 2.28. The number of nitrogens with zero attached hydrogens (tertiary/aromatic N) is 1. The molecule has 0 fully saturated rings. The van der Waals surface area contributed by atoms with Gasteiger partial charge < -0.3 is 14.6 Å². The number of carbonyl (C=O) groups is 1. The van der Waals surface area contributed by atoms with Gasteiger partial charge in [-0.15, -0.1) is 0 Å². The number of ether oxygens (including phenoxy) is 2. The van der Waals surface area contributed by atoms with Crippen LogP contribution in [0.4, 0.5) is 0 Å². The number of hydrogen-bond donors (Lipinski definition) is 2. The topological polar surface area (TPSA) is 80.2 Å². The number of phenols is 1. The van der Waals surface area contributed by atoms with E-state index in [1.165, 1.54) is 30.5 Å². The molecule has 0 aliphatic rings. The van der Waals surface area contributed by atoms with Crippen molar-refractivity contribution in [2.24, 2.45) is 5.10 Å². The highest BCUT2D eigenvalue weighted by molar-refractivity contribution is 5.95. The molecular formula is C19H22N2O4. The lowest BCUT2D eigenvalue weighted by molar-refractivity contribution is 0.0955. The maximum atomic E-state index is 11.9. The van der Waals surface area contributed by atoms with E-state index < -0.39 is 0 Å². The predicted molar refractivity (Wildman–Crippen MR) is 96.6 cm³/mol. The van der Waals surface area contributed by atoms with Gasteiger partial charge >= 0.3 is 0 Å². The molecule has 2 rings (SSSR count). The van der Waals surface area contributed by atoms with Gasteiger partial charge in [-0.25, -0.2) is 5.43 Å². The molecule has 0 heterocycles. The third-order valence-electron chi connectivity index (χ3n) is 3.24. The number of nitrogens with one attached hydrogen (secondary N) is 1. The second-order valence-corrected chi connectivity index (χ2v) is 5.23. The van der Waals surface area contributed by atoms with Gasteiger partial charge in [0.1, 0.15) is 5.75 Å². The first-order valence-corrected chi connectivity index (χ1v) is 8.16. The van der Waals surface area contributed by atoms with Crippen molar-refractivity contribution in [1.82, 2.24) is 5.43 Å². The lowest BCUT2D eigenvalue weighted by Gasteiger charge is -2.11. The molecule has 1 amide bonds. The van der Waals surface area contributed by atoms with Gasteiger partial charge in [-0.1, -0.05) is 6.92 Å². The zero-order chi connectivity index (χ0) is 18.1. The highest BCUT2D eigenvalue weighted by Gasteiger charge is 2.06. The van der Waals surface area contributed by atoms with Crippen LogP contribution < -0.4 is 14.9 Å². The van der Waals surface area contributed by atoms with E-state index >= 15 is 0 Å². The number of amides is 1. The minimum absolute atomic E-state index is 0.105. The first kappa shape index (κ1) is 18.3. The SMILES string of the molecule is CCCOc1ccc(/C=N/NC(=O)c2ccc(O)cc2)cc1OCC. The summed E-state index contributed by atoms with van der Waals surface area (Å²) in [5.74, 6) is 1.08. The summed E-state index contributed by atoms with van der Waals surface area (Å²) in [5, 5.41) is 13.2. The average molecular weight is 342 g/mol. The van der Waals surface area contributed by atoms with E-state index in [4.69, 9.17) is 9.47 Å². The lowest BCUT2D eigenvalue weighted by atomic mass is 10.2. The molecule has 0 bridgehead atoms. The Morgan fingerprint density at radius 2 is 1.88 bits per heavy atom. The summed E-state index contributed by atoms with van der Waals surface area (Å²) in [6, 6.07) is 11.4. The molecule has 132 valence electrons. The molecule has 0 atom stereocenters. The second-order valence-electron chi connectivity index (χ2n) is 5.23. The molecule has 0 saturated heterocycles. The van der Waals surface area contributed by atoms with E-state index in [2.05, 4.69) is 10.5 Å². The Morgan fingerprint density at radius 1 is 1.12 bits per heavy atom. The monoisotopic (exact) mass is 342 g/mol. The molecule has 0 radical (unpaired) electrons. The molecule has 2 aromatic rings. The van der Waals surface area contributed by atoms with Gasteiger partial charge in [0, 0.05) is 5.56 Å². The third kappa shape index (κ3) is 5.53. The number of benzene rings is 2. The Bertz CT molecular complexity index is 727. The summed E-state index contributed by atoms with van der Waals surface area (Å²) in [6.07, 6.45) is 2.45. The van der Waals surface area contributed by atoms with Gasteiger partial charge in [0.15, 0.2) is 11.5 Å². The van der Waals surface area contributed by atoms with Crippen molar-refractivity contribution in [3.05, 3.63) is 53.6 Å². The molecule has 0 aliphatic heterocycles. The van der Waals surface area contributed by atoms with Crippen LogP contribution in [0.2, 0.25) is 0 Å². The molecule has 2 N–H and O–H groups in total. The van der Waals surface area contributed by atoms with Crippen LogP contribution >= 0.6 is 0 Å². The summed E-state index contributed by atoms with van der Waals surface area (Å²) in [6.45, 7) is 5.09. The summed E-state index contributed by atoms with van der Waals surface area (Å²) >= 11 is 0. The Labute approximate surface area is 147 Å². The van der Waals surface area contributed by atoms with Gasteiger partial charge in [0.25, 0.3) is 5.91 Å². The van der Waals surface area contributed by atoms with Crippen LogP contribution in [-0.4, -0.2) is 30.4 Å². The minimum Gasteiger partial charge on any atom is -0.508 e. The van der Waals surface area contributed by atoms with Crippen LogP contribution in [0.1, 0.15) is 36.2 Å². The molecule has 6 heteroatoms. The predicted octanol–water partition coefficient (Wildman–Crippen LogP) is 3.34. The Kier molecular flexibility index (Phi) is 6.83. The fraction of sp³-hybridized carbons (Fsp3) is 0.263. The molecule has 0 unspecified atom stereocenters. The van der Waals surface area contributed by atoms with Crippen LogP contribution in [-0.2, 0) is 0 Å². The standard InChI is InChI=1S/C19H22N2O4/c1-3-11-25-17-10-5-14(12-18(17)24-4-2)13-20-21-19(23)15-6-8-16(22)9-7-15/h5-10,12-13,22H,3-4,11H2,1-2H3,(H,21,23)/b20-13+. The first-order valence-electron chi connectivity index (χ1n) is 8.16. The summed E-state index contributed by atoms with van der Waals surface area (Å²) < 4.78 is 11.2. The normalized spacial score (nSPS) is 10.6. The lowest BCUT2D eigenvalue weighted by Crippen LogP contribution is -2.17. The molecule has 0 spiro atoms. The first-order chi connectivity index (χ1) is 12.1. The quantitative estimate of drug-likeness (QED) is 0.569. The second kappa shape index (κ2) is 9.32. The number of carbonyl (C=O) groups excluding carboxylic acids is 1. The van der Waals surface area contributed by atoms with Gasteiger partial charge in [-0.05, 0) is 61.4 Å². The van der Waals surface area contributed by atoms with Gasteiger partial charge in [0.2, 0.25) is 0 Å². The molecule has 0 saturated carbocycles. The minimum atomic E-state index is -0.357. The molecule has 0 aromatic heterocycles. The van der Waals surface area contributed by atoms with E-state index in [9.17, 15) is 9.90 Å².